The third-order valence-corrected chi connectivity index (χ3v) is 4.18. The summed E-state index contributed by atoms with van der Waals surface area (Å²) in [5, 5.41) is 13.8. The highest BCUT2D eigenvalue weighted by Crippen LogP contribution is 2.27. The quantitative estimate of drug-likeness (QED) is 0.394. The molecular weight excluding hydrogens is 404 g/mol. The number of nitro groups is 1. The fraction of sp³-hybridized carbons (Fsp3) is 0.263. The molecule has 0 fully saturated rings. The number of nitro benzene ring substituents is 1. The van der Waals surface area contributed by atoms with Gasteiger partial charge in [-0.25, -0.2) is 4.79 Å². The van der Waals surface area contributed by atoms with E-state index in [0.717, 1.165) is 17.7 Å². The third kappa shape index (κ3) is 5.58. The molecule has 9 nitrogen and oxygen atoms in total. The van der Waals surface area contributed by atoms with Crippen molar-refractivity contribution >= 4 is 29.2 Å². The molecular formula is C19H19ClN2O7. The molecule has 2 rings (SSSR count). The van der Waals surface area contributed by atoms with Crippen molar-refractivity contribution in [3.8, 4) is 11.5 Å². The molecule has 2 aromatic rings. The topological polar surface area (TPSA) is 117 Å². The highest BCUT2D eigenvalue weighted by atomic mass is 35.5. The van der Waals surface area contributed by atoms with Crippen LogP contribution >= 0.6 is 11.6 Å². The first-order chi connectivity index (χ1) is 13.8. The first-order valence-corrected chi connectivity index (χ1v) is 8.78. The van der Waals surface area contributed by atoms with Crippen molar-refractivity contribution in [3.05, 3.63) is 62.7 Å². The van der Waals surface area contributed by atoms with E-state index in [4.69, 9.17) is 25.8 Å². The summed E-state index contributed by atoms with van der Waals surface area (Å²) in [5.41, 5.74) is -0.0561. The van der Waals surface area contributed by atoms with Gasteiger partial charge in [0.1, 0.15) is 5.56 Å². The van der Waals surface area contributed by atoms with E-state index in [1.54, 1.807) is 18.2 Å². The van der Waals surface area contributed by atoms with Gasteiger partial charge in [0.2, 0.25) is 0 Å². The fourth-order valence-corrected chi connectivity index (χ4v) is 2.60. The Morgan fingerprint density at radius 1 is 1.14 bits per heavy atom. The predicted octanol–water partition coefficient (Wildman–Crippen LogP) is 3.13. The van der Waals surface area contributed by atoms with Crippen LogP contribution in [0.3, 0.4) is 0 Å². The standard InChI is InChI=1S/C19H19ClN2O7/c1-11(29-19(24)14-9-13(20)5-6-15(14)22(25)26)18(23)21-10-12-4-7-16(27-2)17(8-12)28-3/h4-9,11H,10H2,1-3H3,(H,21,23). The summed E-state index contributed by atoms with van der Waals surface area (Å²) >= 11 is 5.80. The Balaban J connectivity index is 2.02. The smallest absolute Gasteiger partial charge is 0.345 e. The van der Waals surface area contributed by atoms with Gasteiger partial charge in [-0.15, -0.1) is 0 Å². The Morgan fingerprint density at radius 3 is 2.45 bits per heavy atom. The van der Waals surface area contributed by atoms with Crippen molar-refractivity contribution in [3.63, 3.8) is 0 Å². The van der Waals surface area contributed by atoms with Crippen LogP contribution in [0.15, 0.2) is 36.4 Å². The molecule has 0 aromatic heterocycles. The number of carbonyl (C=O) groups excluding carboxylic acids is 2. The molecule has 0 saturated heterocycles. The van der Waals surface area contributed by atoms with Crippen LogP contribution < -0.4 is 14.8 Å². The van der Waals surface area contributed by atoms with Gasteiger partial charge in [-0.1, -0.05) is 17.7 Å². The van der Waals surface area contributed by atoms with Gasteiger partial charge in [-0.2, -0.15) is 0 Å². The number of nitrogens with one attached hydrogen (secondary N) is 1. The second-order valence-corrected chi connectivity index (χ2v) is 6.31. The van der Waals surface area contributed by atoms with Crippen LogP contribution in [0.5, 0.6) is 11.5 Å². The minimum atomic E-state index is -1.18. The highest BCUT2D eigenvalue weighted by molar-refractivity contribution is 6.31. The van der Waals surface area contributed by atoms with Gasteiger partial charge in [0, 0.05) is 17.6 Å². The van der Waals surface area contributed by atoms with E-state index in [0.29, 0.717) is 11.5 Å². The number of nitrogens with zero attached hydrogens (tertiary/aromatic N) is 1. The molecule has 0 bridgehead atoms. The van der Waals surface area contributed by atoms with E-state index in [1.807, 2.05) is 0 Å². The summed E-state index contributed by atoms with van der Waals surface area (Å²) in [6.07, 6.45) is -1.18. The number of methoxy groups -OCH3 is 2. The minimum Gasteiger partial charge on any atom is -0.493 e. The summed E-state index contributed by atoms with van der Waals surface area (Å²) in [6.45, 7) is 1.51. The molecule has 0 radical (unpaired) electrons. The Morgan fingerprint density at radius 2 is 1.83 bits per heavy atom. The second-order valence-electron chi connectivity index (χ2n) is 5.87. The Kier molecular flexibility index (Phi) is 7.38. The van der Waals surface area contributed by atoms with Gasteiger partial charge in [0.15, 0.2) is 17.6 Å². The molecule has 10 heteroatoms. The van der Waals surface area contributed by atoms with Gasteiger partial charge in [0.25, 0.3) is 11.6 Å². The van der Waals surface area contributed by atoms with Gasteiger partial charge < -0.3 is 19.5 Å². The number of hydrogen-bond donors (Lipinski definition) is 1. The van der Waals surface area contributed by atoms with Crippen molar-refractivity contribution in [2.45, 2.75) is 19.6 Å². The van der Waals surface area contributed by atoms with E-state index < -0.39 is 28.6 Å². The molecule has 0 spiro atoms. The maximum absolute atomic E-state index is 12.3. The lowest BCUT2D eigenvalue weighted by molar-refractivity contribution is -0.385. The molecule has 0 heterocycles. The number of amides is 1. The van der Waals surface area contributed by atoms with Crippen LogP contribution in [-0.2, 0) is 16.1 Å². The maximum Gasteiger partial charge on any atom is 0.345 e. The molecule has 0 aliphatic carbocycles. The molecule has 1 N–H and O–H groups in total. The monoisotopic (exact) mass is 422 g/mol. The van der Waals surface area contributed by atoms with Crippen LogP contribution in [0.2, 0.25) is 5.02 Å². The number of carbonyl (C=O) groups is 2. The largest absolute Gasteiger partial charge is 0.493 e. The molecule has 0 saturated carbocycles. The molecule has 29 heavy (non-hydrogen) atoms. The lowest BCUT2D eigenvalue weighted by atomic mass is 10.2. The Hall–Kier alpha value is -3.33. The lowest BCUT2D eigenvalue weighted by Gasteiger charge is -2.14. The molecule has 2 aromatic carbocycles. The van der Waals surface area contributed by atoms with Gasteiger partial charge >= 0.3 is 5.97 Å². The number of halogens is 1. The summed E-state index contributed by atoms with van der Waals surface area (Å²) in [5.74, 6) is -0.536. The van der Waals surface area contributed by atoms with Crippen LogP contribution in [0.1, 0.15) is 22.8 Å². The zero-order valence-corrected chi connectivity index (χ0v) is 16.7. The summed E-state index contributed by atoms with van der Waals surface area (Å²) in [6, 6.07) is 8.65. The lowest BCUT2D eigenvalue weighted by Crippen LogP contribution is -2.35. The van der Waals surface area contributed by atoms with Crippen molar-refractivity contribution in [1.29, 1.82) is 0 Å². The molecule has 0 aliphatic rings. The number of esters is 1. The zero-order chi connectivity index (χ0) is 21.6. The Bertz CT molecular complexity index is 933. The summed E-state index contributed by atoms with van der Waals surface area (Å²) in [4.78, 5) is 34.9. The van der Waals surface area contributed by atoms with Crippen molar-refractivity contribution in [1.82, 2.24) is 5.32 Å². The van der Waals surface area contributed by atoms with Crippen molar-refractivity contribution in [2.75, 3.05) is 14.2 Å². The summed E-state index contributed by atoms with van der Waals surface area (Å²) in [7, 11) is 3.01. The molecule has 0 aliphatic heterocycles. The second kappa shape index (κ2) is 9.74. The first-order valence-electron chi connectivity index (χ1n) is 8.40. The molecule has 1 unspecified atom stereocenters. The molecule has 1 amide bonds. The van der Waals surface area contributed by atoms with Crippen LogP contribution in [0.25, 0.3) is 0 Å². The van der Waals surface area contributed by atoms with Crippen LogP contribution in [0, 0.1) is 10.1 Å². The predicted molar refractivity (Wildman–Crippen MR) is 104 cm³/mol. The fourth-order valence-electron chi connectivity index (χ4n) is 2.43. The van der Waals surface area contributed by atoms with E-state index in [2.05, 4.69) is 5.32 Å². The van der Waals surface area contributed by atoms with Crippen molar-refractivity contribution < 1.29 is 28.7 Å². The maximum atomic E-state index is 12.3. The normalized spacial score (nSPS) is 11.3. The zero-order valence-electron chi connectivity index (χ0n) is 15.9. The van der Waals surface area contributed by atoms with E-state index in [9.17, 15) is 19.7 Å². The first kappa shape index (κ1) is 22.0. The van der Waals surface area contributed by atoms with Gasteiger partial charge in [-0.3, -0.25) is 14.9 Å². The highest BCUT2D eigenvalue weighted by Gasteiger charge is 2.25. The minimum absolute atomic E-state index is 0.133. The van der Waals surface area contributed by atoms with Gasteiger partial charge in [-0.05, 0) is 36.8 Å². The van der Waals surface area contributed by atoms with E-state index in [-0.39, 0.29) is 17.1 Å². The SMILES string of the molecule is COc1ccc(CNC(=O)C(C)OC(=O)c2cc(Cl)ccc2[N+](=O)[O-])cc1OC. The van der Waals surface area contributed by atoms with Crippen molar-refractivity contribution in [2.24, 2.45) is 0 Å². The van der Waals surface area contributed by atoms with Gasteiger partial charge in [0.05, 0.1) is 19.1 Å². The third-order valence-electron chi connectivity index (χ3n) is 3.94. The molecule has 154 valence electrons. The van der Waals surface area contributed by atoms with E-state index >= 15 is 0 Å². The number of ether oxygens (including phenoxy) is 3. The Labute approximate surface area is 171 Å². The van der Waals surface area contributed by atoms with Crippen LogP contribution in [-0.4, -0.2) is 37.1 Å². The van der Waals surface area contributed by atoms with E-state index in [1.165, 1.54) is 27.2 Å². The number of rotatable bonds is 8. The average molecular weight is 423 g/mol. The summed E-state index contributed by atoms with van der Waals surface area (Å²) < 4.78 is 15.4. The van der Waals surface area contributed by atoms with Crippen LogP contribution in [0.4, 0.5) is 5.69 Å². The average Bonchev–Trinajstić information content (AvgIpc) is 2.71. The number of benzene rings is 2. The molecule has 1 atom stereocenters. The number of hydrogen-bond acceptors (Lipinski definition) is 7.